The van der Waals surface area contributed by atoms with E-state index in [1.807, 2.05) is 0 Å². The summed E-state index contributed by atoms with van der Waals surface area (Å²) < 4.78 is 37.7. The fourth-order valence-corrected chi connectivity index (χ4v) is 2.37. The molecule has 2 nitrogen and oxygen atoms in total. The van der Waals surface area contributed by atoms with Crippen molar-refractivity contribution in [3.05, 3.63) is 32.4 Å². The minimum Gasteiger partial charge on any atom is -0.298 e. The molecule has 92 valence electrons. The molecule has 0 saturated carbocycles. The third kappa shape index (κ3) is 3.19. The summed E-state index contributed by atoms with van der Waals surface area (Å²) in [6.07, 6.45) is -4.55. The first-order valence-corrected chi connectivity index (χ1v) is 5.87. The Bertz CT molecular complexity index is 471. The molecule has 0 fully saturated rings. The van der Waals surface area contributed by atoms with E-state index < -0.39 is 23.1 Å². The third-order valence-corrected chi connectivity index (χ3v) is 3.07. The third-order valence-electron chi connectivity index (χ3n) is 1.97. The SMILES string of the molecule is O=Cc1cc(C(=O)CCl)cc(I)c1C(F)(F)F. The summed E-state index contributed by atoms with van der Waals surface area (Å²) in [6, 6.07) is 1.98. The molecule has 0 heterocycles. The maximum atomic E-state index is 12.6. The van der Waals surface area contributed by atoms with Crippen LogP contribution in [0.25, 0.3) is 0 Å². The fraction of sp³-hybridized carbons (Fsp3) is 0.200. The van der Waals surface area contributed by atoms with Crippen molar-refractivity contribution in [2.24, 2.45) is 0 Å². The van der Waals surface area contributed by atoms with Gasteiger partial charge >= 0.3 is 6.18 Å². The molecule has 0 spiro atoms. The molecule has 17 heavy (non-hydrogen) atoms. The van der Waals surface area contributed by atoms with Gasteiger partial charge in [-0.3, -0.25) is 9.59 Å². The lowest BCUT2D eigenvalue weighted by Gasteiger charge is -2.12. The summed E-state index contributed by atoms with van der Waals surface area (Å²) >= 11 is 6.74. The van der Waals surface area contributed by atoms with Gasteiger partial charge in [-0.25, -0.2) is 0 Å². The summed E-state index contributed by atoms with van der Waals surface area (Å²) in [7, 11) is 0. The molecule has 0 saturated heterocycles. The van der Waals surface area contributed by atoms with Gasteiger partial charge in [-0.15, -0.1) is 11.6 Å². The zero-order chi connectivity index (χ0) is 13.2. The van der Waals surface area contributed by atoms with Gasteiger partial charge in [0.1, 0.15) is 0 Å². The number of carbonyl (C=O) groups is 2. The van der Waals surface area contributed by atoms with Crippen LogP contribution in [-0.2, 0) is 6.18 Å². The number of rotatable bonds is 3. The second-order valence-corrected chi connectivity index (χ2v) is 4.52. The molecule has 0 radical (unpaired) electrons. The molecule has 0 N–H and O–H groups in total. The summed E-state index contributed by atoms with van der Waals surface area (Å²) in [5.41, 5.74) is -1.59. The van der Waals surface area contributed by atoms with Crippen LogP contribution >= 0.6 is 34.2 Å². The summed E-state index contributed by atoms with van der Waals surface area (Å²) in [5.74, 6) is -0.874. The van der Waals surface area contributed by atoms with Gasteiger partial charge in [0, 0.05) is 14.7 Å². The van der Waals surface area contributed by atoms with Crippen LogP contribution in [0, 0.1) is 3.57 Å². The Hall–Kier alpha value is -0.630. The Morgan fingerprint density at radius 1 is 1.41 bits per heavy atom. The number of benzene rings is 1. The highest BCUT2D eigenvalue weighted by Gasteiger charge is 2.36. The van der Waals surface area contributed by atoms with Gasteiger partial charge in [-0.1, -0.05) is 0 Å². The molecule has 1 aromatic rings. The predicted molar refractivity (Wildman–Crippen MR) is 64.6 cm³/mol. The molecule has 0 bridgehead atoms. The topological polar surface area (TPSA) is 34.1 Å². The number of aldehydes is 1. The standard InChI is InChI=1S/C10H5ClF3IO2/c11-3-8(17)5-1-6(4-16)9(7(15)2-5)10(12,13)14/h1-2,4H,3H2. The summed E-state index contributed by atoms with van der Waals surface area (Å²) in [4.78, 5) is 21.9. The van der Waals surface area contributed by atoms with Crippen molar-refractivity contribution in [1.82, 2.24) is 0 Å². The lowest BCUT2D eigenvalue weighted by atomic mass is 10.0. The summed E-state index contributed by atoms with van der Waals surface area (Å²) in [6.45, 7) is 0. The Morgan fingerprint density at radius 2 is 2.00 bits per heavy atom. The minimum absolute atomic E-state index is 0.000463. The molecule has 7 heteroatoms. The zero-order valence-electron chi connectivity index (χ0n) is 8.15. The van der Waals surface area contributed by atoms with E-state index in [4.69, 9.17) is 11.6 Å². The number of hydrogen-bond donors (Lipinski definition) is 0. The predicted octanol–water partition coefficient (Wildman–Crippen LogP) is 3.54. The van der Waals surface area contributed by atoms with Gasteiger partial charge in [0.2, 0.25) is 0 Å². The number of Topliss-reactive ketones (excluding diaryl/α,β-unsaturated/α-hetero) is 1. The van der Waals surface area contributed by atoms with Gasteiger partial charge in [-0.2, -0.15) is 13.2 Å². The lowest BCUT2D eigenvalue weighted by molar-refractivity contribution is -0.138. The monoisotopic (exact) mass is 376 g/mol. The first-order valence-electron chi connectivity index (χ1n) is 4.26. The van der Waals surface area contributed by atoms with Gasteiger partial charge < -0.3 is 0 Å². The van der Waals surface area contributed by atoms with Crippen LogP contribution in [0.15, 0.2) is 12.1 Å². The number of halogens is 5. The molecule has 0 aliphatic rings. The van der Waals surface area contributed by atoms with Crippen LogP contribution in [0.3, 0.4) is 0 Å². The van der Waals surface area contributed by atoms with Crippen LogP contribution in [0.5, 0.6) is 0 Å². The molecule has 0 aromatic heterocycles. The lowest BCUT2D eigenvalue weighted by Crippen LogP contribution is -2.13. The smallest absolute Gasteiger partial charge is 0.298 e. The molecule has 0 atom stereocenters. The van der Waals surface area contributed by atoms with E-state index in [0.717, 1.165) is 12.1 Å². The van der Waals surface area contributed by atoms with Crippen LogP contribution in [0.2, 0.25) is 0 Å². The summed E-state index contributed by atoms with van der Waals surface area (Å²) in [5, 5.41) is 0. The number of carbonyl (C=O) groups excluding carboxylic acids is 2. The van der Waals surface area contributed by atoms with E-state index in [-0.39, 0.29) is 21.3 Å². The number of hydrogen-bond acceptors (Lipinski definition) is 2. The van der Waals surface area contributed by atoms with E-state index in [9.17, 15) is 22.8 Å². The van der Waals surface area contributed by atoms with Crippen LogP contribution in [-0.4, -0.2) is 17.9 Å². The first-order chi connectivity index (χ1) is 7.81. The van der Waals surface area contributed by atoms with E-state index in [1.165, 1.54) is 22.6 Å². The van der Waals surface area contributed by atoms with Crippen molar-refractivity contribution >= 4 is 46.3 Å². The van der Waals surface area contributed by atoms with Crippen molar-refractivity contribution in [3.63, 3.8) is 0 Å². The second-order valence-electron chi connectivity index (χ2n) is 3.09. The number of alkyl halides is 4. The quantitative estimate of drug-likeness (QED) is 0.350. The maximum absolute atomic E-state index is 12.6. The van der Waals surface area contributed by atoms with Gasteiger partial charge in [0.25, 0.3) is 0 Å². The highest BCUT2D eigenvalue weighted by Crippen LogP contribution is 2.35. The van der Waals surface area contributed by atoms with E-state index >= 15 is 0 Å². The van der Waals surface area contributed by atoms with Crippen LogP contribution in [0.1, 0.15) is 26.3 Å². The van der Waals surface area contributed by atoms with Gasteiger partial charge in [-0.05, 0) is 34.7 Å². The largest absolute Gasteiger partial charge is 0.418 e. The molecule has 1 rings (SSSR count). The molecule has 0 aliphatic carbocycles. The number of ketones is 1. The van der Waals surface area contributed by atoms with Gasteiger partial charge in [0.05, 0.1) is 11.4 Å². The van der Waals surface area contributed by atoms with Crippen LogP contribution < -0.4 is 0 Å². The second kappa shape index (κ2) is 5.34. The van der Waals surface area contributed by atoms with Crippen molar-refractivity contribution in [1.29, 1.82) is 0 Å². The average molecular weight is 376 g/mol. The molecule has 1 aromatic carbocycles. The average Bonchev–Trinajstić information content (AvgIpc) is 2.24. The van der Waals surface area contributed by atoms with Crippen molar-refractivity contribution in [2.75, 3.05) is 5.88 Å². The van der Waals surface area contributed by atoms with E-state index in [1.54, 1.807) is 0 Å². The Morgan fingerprint density at radius 3 is 2.41 bits per heavy atom. The molecular formula is C10H5ClF3IO2. The molecule has 0 unspecified atom stereocenters. The minimum atomic E-state index is -4.63. The molecule has 0 aliphatic heterocycles. The van der Waals surface area contributed by atoms with E-state index in [0.29, 0.717) is 0 Å². The van der Waals surface area contributed by atoms with Gasteiger partial charge in [0.15, 0.2) is 12.1 Å². The molecular weight excluding hydrogens is 371 g/mol. The van der Waals surface area contributed by atoms with Crippen molar-refractivity contribution in [3.8, 4) is 0 Å². The fourth-order valence-electron chi connectivity index (χ4n) is 1.26. The Balaban J connectivity index is 3.47. The highest BCUT2D eigenvalue weighted by molar-refractivity contribution is 14.1. The van der Waals surface area contributed by atoms with E-state index in [2.05, 4.69) is 0 Å². The normalized spacial score (nSPS) is 11.4. The Labute approximate surface area is 113 Å². The van der Waals surface area contributed by atoms with Crippen molar-refractivity contribution in [2.45, 2.75) is 6.18 Å². The Kier molecular flexibility index (Phi) is 4.54. The van der Waals surface area contributed by atoms with Crippen molar-refractivity contribution < 1.29 is 22.8 Å². The molecule has 0 amide bonds. The zero-order valence-corrected chi connectivity index (χ0v) is 11.1. The first kappa shape index (κ1) is 14.4. The highest BCUT2D eigenvalue weighted by atomic mass is 127. The maximum Gasteiger partial charge on any atom is 0.418 e. The van der Waals surface area contributed by atoms with Crippen LogP contribution in [0.4, 0.5) is 13.2 Å².